The summed E-state index contributed by atoms with van der Waals surface area (Å²) in [6.07, 6.45) is 0. The van der Waals surface area contributed by atoms with Crippen molar-refractivity contribution in [3.8, 4) is 0 Å². The highest BCUT2D eigenvalue weighted by Crippen LogP contribution is 2.40. The fourth-order valence-corrected chi connectivity index (χ4v) is 3.41. The van der Waals surface area contributed by atoms with E-state index >= 15 is 0 Å². The van der Waals surface area contributed by atoms with Crippen molar-refractivity contribution in [2.45, 2.75) is 31.1 Å². The molecule has 1 aliphatic heterocycles. The minimum atomic E-state index is -4.26. The van der Waals surface area contributed by atoms with Crippen molar-refractivity contribution in [3.05, 3.63) is 23.8 Å². The van der Waals surface area contributed by atoms with Gasteiger partial charge in [0.05, 0.1) is 10.3 Å². The Kier molecular flexibility index (Phi) is 4.61. The van der Waals surface area contributed by atoms with Gasteiger partial charge in [-0.15, -0.1) is 0 Å². The van der Waals surface area contributed by atoms with E-state index in [1.165, 1.54) is 12.1 Å². The average Bonchev–Trinajstić information content (AvgIpc) is 2.58. The molecule has 0 fully saturated rings. The SMILES string of the molecule is CC1=[N+](CCO[PH](=O)O)c2ccc(S(=O)(=O)O)cc2C1(C)C. The zero-order chi connectivity index (χ0) is 16.7. The Bertz CT molecular complexity index is 769. The smallest absolute Gasteiger partial charge is 0.316 e. The summed E-state index contributed by atoms with van der Waals surface area (Å²) in [7, 11) is -7.23. The van der Waals surface area contributed by atoms with Crippen LogP contribution in [0, 0.1) is 0 Å². The fourth-order valence-electron chi connectivity index (χ4n) is 2.64. The van der Waals surface area contributed by atoms with Crippen LogP contribution in [0.4, 0.5) is 5.69 Å². The van der Waals surface area contributed by atoms with E-state index in [0.29, 0.717) is 6.54 Å². The molecule has 0 saturated heterocycles. The van der Waals surface area contributed by atoms with Gasteiger partial charge in [0.2, 0.25) is 5.69 Å². The fraction of sp³-hybridized carbons (Fsp3) is 0.462. The number of benzene rings is 1. The quantitative estimate of drug-likeness (QED) is 0.477. The first-order chi connectivity index (χ1) is 10.0. The first-order valence-electron chi connectivity index (χ1n) is 6.64. The monoisotopic (exact) mass is 348 g/mol. The molecular weight excluding hydrogens is 329 g/mol. The van der Waals surface area contributed by atoms with E-state index in [2.05, 4.69) is 0 Å². The molecule has 1 aromatic carbocycles. The summed E-state index contributed by atoms with van der Waals surface area (Å²) in [5.74, 6) is 0. The summed E-state index contributed by atoms with van der Waals surface area (Å²) in [5, 5.41) is 0. The molecule has 0 aliphatic carbocycles. The van der Waals surface area contributed by atoms with Crippen LogP contribution in [0.3, 0.4) is 0 Å². The van der Waals surface area contributed by atoms with E-state index in [9.17, 15) is 17.5 Å². The van der Waals surface area contributed by atoms with Crippen LogP contribution in [0.25, 0.3) is 0 Å². The first-order valence-corrected chi connectivity index (χ1v) is 9.35. The molecule has 2 rings (SSSR count). The minimum Gasteiger partial charge on any atom is -0.326 e. The molecule has 1 aliphatic rings. The molecule has 7 nitrogen and oxygen atoms in total. The Labute approximate surface area is 129 Å². The lowest BCUT2D eigenvalue weighted by molar-refractivity contribution is -0.441. The summed E-state index contributed by atoms with van der Waals surface area (Å²) in [6.45, 7) is 6.27. The number of rotatable bonds is 5. The molecule has 2 N–H and O–H groups in total. The number of hydrogen-bond donors (Lipinski definition) is 2. The average molecular weight is 348 g/mol. The van der Waals surface area contributed by atoms with Gasteiger partial charge < -0.3 is 9.42 Å². The zero-order valence-corrected chi connectivity index (χ0v) is 14.3. The Morgan fingerprint density at radius 2 is 2.00 bits per heavy atom. The number of hydrogen-bond acceptors (Lipinski definition) is 4. The number of nitrogens with zero attached hydrogens (tertiary/aromatic N) is 1. The molecule has 0 saturated carbocycles. The Hall–Kier alpha value is -1.05. The van der Waals surface area contributed by atoms with Gasteiger partial charge in [-0.25, -0.2) is 0 Å². The Morgan fingerprint density at radius 3 is 2.55 bits per heavy atom. The van der Waals surface area contributed by atoms with Crippen molar-refractivity contribution < 1.29 is 31.5 Å². The van der Waals surface area contributed by atoms with E-state index < -0.39 is 23.8 Å². The Balaban J connectivity index is 2.44. The summed E-state index contributed by atoms with van der Waals surface area (Å²) < 4.78 is 49.1. The van der Waals surface area contributed by atoms with Gasteiger partial charge in [-0.3, -0.25) is 9.12 Å². The van der Waals surface area contributed by atoms with Crippen molar-refractivity contribution in [3.63, 3.8) is 0 Å². The molecule has 1 atom stereocenters. The predicted octanol–water partition coefficient (Wildman–Crippen LogP) is 1.73. The highest BCUT2D eigenvalue weighted by atomic mass is 32.2. The van der Waals surface area contributed by atoms with Crippen LogP contribution >= 0.6 is 8.25 Å². The summed E-state index contributed by atoms with van der Waals surface area (Å²) in [5.41, 5.74) is 2.13. The third kappa shape index (κ3) is 3.16. The summed E-state index contributed by atoms with van der Waals surface area (Å²) in [6, 6.07) is 4.42. The standard InChI is InChI=1S/C13H18NO6PS/c1-9-13(2,3)11-8-10(22(17,18)19)4-5-12(11)14(9)6-7-20-21(15)16/h4-5,8,21H,6-7H2,1-3H3,(H-,15,16,17,18,19)/p+1. The molecule has 9 heteroatoms. The highest BCUT2D eigenvalue weighted by Gasteiger charge is 2.43. The molecular formula is C13H19NO6PS+. The van der Waals surface area contributed by atoms with E-state index in [1.54, 1.807) is 6.07 Å². The van der Waals surface area contributed by atoms with Crippen LogP contribution in [-0.2, 0) is 24.6 Å². The highest BCUT2D eigenvalue weighted by molar-refractivity contribution is 7.85. The van der Waals surface area contributed by atoms with Crippen LogP contribution in [0.1, 0.15) is 26.3 Å². The van der Waals surface area contributed by atoms with Gasteiger partial charge in [-0.2, -0.15) is 13.0 Å². The molecule has 122 valence electrons. The van der Waals surface area contributed by atoms with Crippen LogP contribution in [-0.4, -0.2) is 41.3 Å². The maximum Gasteiger partial charge on any atom is 0.316 e. The van der Waals surface area contributed by atoms with Gasteiger partial charge in [-0.05, 0) is 26.0 Å². The van der Waals surface area contributed by atoms with Crippen LogP contribution in [0.2, 0.25) is 0 Å². The lowest BCUT2D eigenvalue weighted by Gasteiger charge is -2.15. The lowest BCUT2D eigenvalue weighted by atomic mass is 9.82. The minimum absolute atomic E-state index is 0.0845. The second kappa shape index (κ2) is 5.86. The zero-order valence-electron chi connectivity index (χ0n) is 12.5. The predicted molar refractivity (Wildman–Crippen MR) is 81.9 cm³/mol. The maximum absolute atomic E-state index is 11.3. The lowest BCUT2D eigenvalue weighted by Crippen LogP contribution is -2.27. The molecule has 0 amide bonds. The van der Waals surface area contributed by atoms with Crippen molar-refractivity contribution in [1.82, 2.24) is 0 Å². The van der Waals surface area contributed by atoms with Crippen molar-refractivity contribution >= 4 is 29.8 Å². The molecule has 1 unspecified atom stereocenters. The van der Waals surface area contributed by atoms with Gasteiger partial charge in [0.1, 0.15) is 6.61 Å². The van der Waals surface area contributed by atoms with Gasteiger partial charge >= 0.3 is 8.25 Å². The van der Waals surface area contributed by atoms with E-state index in [1.807, 2.05) is 25.3 Å². The van der Waals surface area contributed by atoms with Gasteiger partial charge in [0.25, 0.3) is 10.1 Å². The van der Waals surface area contributed by atoms with Crippen LogP contribution < -0.4 is 0 Å². The normalized spacial score (nSPS) is 18.4. The largest absolute Gasteiger partial charge is 0.326 e. The Morgan fingerprint density at radius 1 is 1.36 bits per heavy atom. The maximum atomic E-state index is 11.3. The molecule has 1 heterocycles. The van der Waals surface area contributed by atoms with Crippen LogP contribution in [0.15, 0.2) is 23.1 Å². The molecule has 22 heavy (non-hydrogen) atoms. The molecule has 1 aromatic rings. The molecule has 0 aromatic heterocycles. The van der Waals surface area contributed by atoms with Gasteiger partial charge in [0, 0.05) is 18.6 Å². The second-order valence-electron chi connectivity index (χ2n) is 5.63. The molecule has 0 radical (unpaired) electrons. The topological polar surface area (TPSA) is 104 Å². The van der Waals surface area contributed by atoms with Crippen molar-refractivity contribution in [2.75, 3.05) is 13.2 Å². The molecule has 0 spiro atoms. The van der Waals surface area contributed by atoms with E-state index in [4.69, 9.17) is 9.42 Å². The third-order valence-corrected chi connectivity index (χ3v) is 5.38. The first kappa shape index (κ1) is 17.3. The van der Waals surface area contributed by atoms with Crippen molar-refractivity contribution in [1.29, 1.82) is 0 Å². The summed E-state index contributed by atoms with van der Waals surface area (Å²) in [4.78, 5) is 8.57. The molecule has 0 bridgehead atoms. The second-order valence-corrected chi connectivity index (χ2v) is 7.87. The van der Waals surface area contributed by atoms with Gasteiger partial charge in [0.15, 0.2) is 12.3 Å². The number of fused-ring (bicyclic) bond motifs is 1. The summed E-state index contributed by atoms with van der Waals surface area (Å²) >= 11 is 0. The van der Waals surface area contributed by atoms with E-state index in [-0.39, 0.29) is 11.5 Å². The van der Waals surface area contributed by atoms with E-state index in [0.717, 1.165) is 17.0 Å². The van der Waals surface area contributed by atoms with Crippen LogP contribution in [0.5, 0.6) is 0 Å². The van der Waals surface area contributed by atoms with Crippen molar-refractivity contribution in [2.24, 2.45) is 0 Å². The van der Waals surface area contributed by atoms with Gasteiger partial charge in [-0.1, -0.05) is 0 Å². The third-order valence-electron chi connectivity index (χ3n) is 4.08.